The van der Waals surface area contributed by atoms with E-state index in [1.54, 1.807) is 49.5 Å². The first-order chi connectivity index (χ1) is 16.5. The Morgan fingerprint density at radius 1 is 1.03 bits per heavy atom. The van der Waals surface area contributed by atoms with E-state index in [4.69, 9.17) is 4.74 Å². The van der Waals surface area contributed by atoms with Crippen LogP contribution in [0, 0.1) is 5.82 Å². The van der Waals surface area contributed by atoms with Gasteiger partial charge in [0, 0.05) is 44.3 Å². The largest absolute Gasteiger partial charge is 0.462 e. The number of carbonyl (C=O) groups excluding carboxylic acids is 2. The van der Waals surface area contributed by atoms with E-state index in [1.165, 1.54) is 30.1 Å². The highest BCUT2D eigenvalue weighted by atomic mass is 32.2. The molecule has 34 heavy (non-hydrogen) atoms. The van der Waals surface area contributed by atoms with E-state index < -0.39 is 0 Å². The predicted molar refractivity (Wildman–Crippen MR) is 129 cm³/mol. The molecule has 0 spiro atoms. The van der Waals surface area contributed by atoms with Crippen LogP contribution in [0.2, 0.25) is 0 Å². The van der Waals surface area contributed by atoms with Crippen molar-refractivity contribution in [1.29, 1.82) is 0 Å². The van der Waals surface area contributed by atoms with E-state index in [-0.39, 0.29) is 17.7 Å². The Kier molecular flexibility index (Phi) is 7.74. The number of nitrogens with zero attached hydrogens (tertiary/aromatic N) is 4. The fraction of sp³-hybridized carbons (Fsp3) is 0.280. The summed E-state index contributed by atoms with van der Waals surface area (Å²) in [5, 5.41) is 0.662. The third kappa shape index (κ3) is 5.72. The number of amides is 1. The lowest BCUT2D eigenvalue weighted by Gasteiger charge is -2.35. The molecule has 0 radical (unpaired) electrons. The first kappa shape index (κ1) is 23.7. The van der Waals surface area contributed by atoms with Gasteiger partial charge < -0.3 is 14.5 Å². The summed E-state index contributed by atoms with van der Waals surface area (Å²) in [6.07, 6.45) is 3.19. The van der Waals surface area contributed by atoms with Crippen LogP contribution in [0.3, 0.4) is 0 Å². The molecule has 1 saturated heterocycles. The van der Waals surface area contributed by atoms with Gasteiger partial charge in [0.05, 0.1) is 17.7 Å². The van der Waals surface area contributed by atoms with Crippen LogP contribution in [0.4, 0.5) is 10.2 Å². The summed E-state index contributed by atoms with van der Waals surface area (Å²) in [6.45, 7) is 4.46. The molecule has 3 aromatic rings. The Bertz CT molecular complexity index is 1130. The Morgan fingerprint density at radius 2 is 1.79 bits per heavy atom. The zero-order valence-electron chi connectivity index (χ0n) is 18.8. The second-order valence-electron chi connectivity index (χ2n) is 7.68. The molecule has 0 N–H and O–H groups in total. The third-order valence-corrected chi connectivity index (χ3v) is 6.52. The summed E-state index contributed by atoms with van der Waals surface area (Å²) < 4.78 is 18.1. The summed E-state index contributed by atoms with van der Waals surface area (Å²) in [5.74, 6) is 0.643. The number of aromatic nitrogens is 2. The minimum atomic E-state index is -0.387. The van der Waals surface area contributed by atoms with E-state index in [2.05, 4.69) is 14.9 Å². The number of hydrogen-bond acceptors (Lipinski definition) is 7. The van der Waals surface area contributed by atoms with Gasteiger partial charge in [-0.25, -0.2) is 19.2 Å². The fourth-order valence-electron chi connectivity index (χ4n) is 3.62. The SMILES string of the molecule is CCOC(=O)c1ccc(N2CCN(C(=O)c3cccnc3SCc3ccc(F)cc3)CC2)nc1. The zero-order valence-corrected chi connectivity index (χ0v) is 19.6. The van der Waals surface area contributed by atoms with Gasteiger partial charge in [0.25, 0.3) is 5.91 Å². The summed E-state index contributed by atoms with van der Waals surface area (Å²) in [4.78, 5) is 37.8. The number of halogens is 1. The van der Waals surface area contributed by atoms with Gasteiger partial charge in [0.2, 0.25) is 0 Å². The normalized spacial score (nSPS) is 13.6. The average molecular weight is 481 g/mol. The smallest absolute Gasteiger partial charge is 0.339 e. The zero-order chi connectivity index (χ0) is 23.9. The molecule has 0 saturated carbocycles. The fourth-order valence-corrected chi connectivity index (χ4v) is 4.56. The second-order valence-corrected chi connectivity index (χ2v) is 8.64. The van der Waals surface area contributed by atoms with Crippen LogP contribution in [-0.4, -0.2) is 59.5 Å². The van der Waals surface area contributed by atoms with Gasteiger partial charge in [0.15, 0.2) is 0 Å². The minimum Gasteiger partial charge on any atom is -0.462 e. The van der Waals surface area contributed by atoms with Gasteiger partial charge in [-0.15, -0.1) is 11.8 Å². The molecule has 0 aliphatic carbocycles. The van der Waals surface area contributed by atoms with Crippen LogP contribution in [-0.2, 0) is 10.5 Å². The molecule has 2 aromatic heterocycles. The number of piperazine rings is 1. The van der Waals surface area contributed by atoms with Gasteiger partial charge in [-0.05, 0) is 48.9 Å². The van der Waals surface area contributed by atoms with Crippen molar-refractivity contribution in [2.45, 2.75) is 17.7 Å². The molecular weight excluding hydrogens is 455 g/mol. The summed E-state index contributed by atoms with van der Waals surface area (Å²) in [7, 11) is 0. The molecule has 1 aliphatic heterocycles. The van der Waals surface area contributed by atoms with Crippen molar-refractivity contribution in [1.82, 2.24) is 14.9 Å². The van der Waals surface area contributed by atoms with E-state index in [0.29, 0.717) is 54.7 Å². The molecule has 1 aromatic carbocycles. The summed E-state index contributed by atoms with van der Waals surface area (Å²) in [6, 6.07) is 13.4. The number of benzene rings is 1. The van der Waals surface area contributed by atoms with Gasteiger partial charge in [-0.3, -0.25) is 4.79 Å². The number of esters is 1. The van der Waals surface area contributed by atoms with Crippen LogP contribution in [0.25, 0.3) is 0 Å². The van der Waals surface area contributed by atoms with E-state index in [1.807, 2.05) is 4.90 Å². The number of carbonyl (C=O) groups is 2. The van der Waals surface area contributed by atoms with Crippen molar-refractivity contribution in [3.8, 4) is 0 Å². The second kappa shape index (κ2) is 11.1. The number of pyridine rings is 2. The van der Waals surface area contributed by atoms with Crippen molar-refractivity contribution in [2.24, 2.45) is 0 Å². The highest BCUT2D eigenvalue weighted by molar-refractivity contribution is 7.98. The van der Waals surface area contributed by atoms with E-state index in [9.17, 15) is 14.0 Å². The van der Waals surface area contributed by atoms with Crippen molar-refractivity contribution in [3.63, 3.8) is 0 Å². The number of rotatable bonds is 7. The molecule has 1 amide bonds. The van der Waals surface area contributed by atoms with Crippen LogP contribution in [0.1, 0.15) is 33.2 Å². The van der Waals surface area contributed by atoms with Gasteiger partial charge in [0.1, 0.15) is 16.7 Å². The Balaban J connectivity index is 1.36. The molecule has 0 atom stereocenters. The van der Waals surface area contributed by atoms with E-state index >= 15 is 0 Å². The lowest BCUT2D eigenvalue weighted by Crippen LogP contribution is -2.49. The minimum absolute atomic E-state index is 0.0556. The standard InChI is InChI=1S/C25H25FN4O3S/c1-2-33-25(32)19-7-10-22(28-16-19)29-12-14-30(15-13-29)24(31)21-4-3-11-27-23(21)34-17-18-5-8-20(26)9-6-18/h3-11,16H,2,12-15,17H2,1H3. The Hall–Kier alpha value is -3.46. The number of anilines is 1. The number of hydrogen-bond donors (Lipinski definition) is 0. The Morgan fingerprint density at radius 3 is 2.47 bits per heavy atom. The molecule has 4 rings (SSSR count). The highest BCUT2D eigenvalue weighted by Gasteiger charge is 2.25. The van der Waals surface area contributed by atoms with Crippen LogP contribution >= 0.6 is 11.8 Å². The first-order valence-electron chi connectivity index (χ1n) is 11.0. The van der Waals surface area contributed by atoms with Crippen LogP contribution in [0.15, 0.2) is 66.0 Å². The Labute approximate surface area is 202 Å². The molecule has 3 heterocycles. The summed E-state index contributed by atoms with van der Waals surface area (Å²) in [5.41, 5.74) is 1.95. The quantitative estimate of drug-likeness (QED) is 0.373. The van der Waals surface area contributed by atoms with Crippen molar-refractivity contribution in [2.75, 3.05) is 37.7 Å². The first-order valence-corrected chi connectivity index (χ1v) is 12.0. The third-order valence-electron chi connectivity index (χ3n) is 5.44. The van der Waals surface area contributed by atoms with Gasteiger partial charge in [-0.1, -0.05) is 12.1 Å². The van der Waals surface area contributed by atoms with Crippen molar-refractivity contribution < 1.29 is 18.7 Å². The number of ether oxygens (including phenoxy) is 1. The maximum Gasteiger partial charge on any atom is 0.339 e. The molecule has 176 valence electrons. The average Bonchev–Trinajstić information content (AvgIpc) is 2.88. The van der Waals surface area contributed by atoms with Crippen molar-refractivity contribution >= 4 is 29.5 Å². The lowest BCUT2D eigenvalue weighted by molar-refractivity contribution is 0.0525. The van der Waals surface area contributed by atoms with Gasteiger partial charge >= 0.3 is 5.97 Å². The molecule has 7 nitrogen and oxygen atoms in total. The van der Waals surface area contributed by atoms with Gasteiger partial charge in [-0.2, -0.15) is 0 Å². The monoisotopic (exact) mass is 480 g/mol. The molecule has 1 fully saturated rings. The molecule has 9 heteroatoms. The maximum atomic E-state index is 13.2. The van der Waals surface area contributed by atoms with Crippen molar-refractivity contribution in [3.05, 3.63) is 83.4 Å². The predicted octanol–water partition coefficient (Wildman–Crippen LogP) is 4.05. The maximum absolute atomic E-state index is 13.2. The highest BCUT2D eigenvalue weighted by Crippen LogP contribution is 2.26. The summed E-state index contributed by atoms with van der Waals surface area (Å²) >= 11 is 1.46. The van der Waals surface area contributed by atoms with Crippen LogP contribution < -0.4 is 4.90 Å². The topological polar surface area (TPSA) is 75.6 Å². The van der Waals surface area contributed by atoms with E-state index in [0.717, 1.165) is 11.4 Å². The molecule has 0 bridgehead atoms. The van der Waals surface area contributed by atoms with Crippen LogP contribution in [0.5, 0.6) is 0 Å². The molecular formula is C25H25FN4O3S. The lowest BCUT2D eigenvalue weighted by atomic mass is 10.2. The molecule has 1 aliphatic rings. The molecule has 0 unspecified atom stereocenters. The number of thioether (sulfide) groups is 1.